The molecule has 0 aromatic carbocycles. The maximum Gasteiger partial charge on any atom is 0.252 e. The maximum atomic E-state index is 9.23. The van der Waals surface area contributed by atoms with Gasteiger partial charge in [-0.2, -0.15) is 0 Å². The van der Waals surface area contributed by atoms with Gasteiger partial charge in [-0.25, -0.2) is 9.97 Å². The molecule has 1 aliphatic rings. The van der Waals surface area contributed by atoms with E-state index in [9.17, 15) is 5.11 Å². The summed E-state index contributed by atoms with van der Waals surface area (Å²) in [6, 6.07) is 9.04. The number of halogens is 1. The Kier molecular flexibility index (Phi) is 5.81. The van der Waals surface area contributed by atoms with E-state index < -0.39 is 0 Å². The zero-order chi connectivity index (χ0) is 17.9. The molecule has 1 fully saturated rings. The van der Waals surface area contributed by atoms with E-state index in [1.54, 1.807) is 12.3 Å². The SMILES string of the molecule is CCOc1ccc([C@H]2C[C@@H](Oc3ccc(-c4cc(O)no4)cn3)C2)cn1.Cl. The molecule has 0 bridgehead atoms. The van der Waals surface area contributed by atoms with Gasteiger partial charge in [0.25, 0.3) is 5.88 Å². The van der Waals surface area contributed by atoms with Crippen molar-refractivity contribution in [3.63, 3.8) is 0 Å². The van der Waals surface area contributed by atoms with Gasteiger partial charge in [0.05, 0.1) is 6.61 Å². The van der Waals surface area contributed by atoms with E-state index in [1.807, 2.05) is 25.3 Å². The van der Waals surface area contributed by atoms with Crippen LogP contribution in [0.1, 0.15) is 31.2 Å². The number of aromatic hydroxyl groups is 1. The van der Waals surface area contributed by atoms with E-state index in [0.29, 0.717) is 30.0 Å². The lowest BCUT2D eigenvalue weighted by atomic mass is 9.78. The van der Waals surface area contributed by atoms with Gasteiger partial charge in [0.2, 0.25) is 11.8 Å². The maximum absolute atomic E-state index is 9.23. The standard InChI is InChI=1S/C19H19N3O4.ClH/c1-2-24-18-5-3-12(10-20-18)14-7-15(8-14)25-19-6-4-13(11-21-19)16-9-17(23)22-26-16;/h3-6,9-11,14-15H,2,7-8H2,1H3,(H,22,23);1H/t14-,15+;. The molecule has 142 valence electrons. The van der Waals surface area contributed by atoms with Crippen LogP contribution in [0.5, 0.6) is 17.6 Å². The number of nitrogens with zero attached hydrogens (tertiary/aromatic N) is 3. The lowest BCUT2D eigenvalue weighted by molar-refractivity contribution is 0.0934. The second-order valence-electron chi connectivity index (χ2n) is 6.21. The molecule has 1 saturated carbocycles. The van der Waals surface area contributed by atoms with Crippen LogP contribution in [0.2, 0.25) is 0 Å². The molecule has 0 amide bonds. The van der Waals surface area contributed by atoms with Crippen molar-refractivity contribution >= 4 is 12.4 Å². The number of pyridine rings is 2. The fourth-order valence-corrected chi connectivity index (χ4v) is 2.97. The van der Waals surface area contributed by atoms with Crippen LogP contribution in [0, 0.1) is 0 Å². The molecule has 1 aliphatic carbocycles. The zero-order valence-corrected chi connectivity index (χ0v) is 15.6. The van der Waals surface area contributed by atoms with Gasteiger partial charge >= 0.3 is 0 Å². The Hall–Kier alpha value is -2.80. The van der Waals surface area contributed by atoms with Crippen molar-refractivity contribution in [1.29, 1.82) is 0 Å². The summed E-state index contributed by atoms with van der Waals surface area (Å²) in [7, 11) is 0. The second-order valence-corrected chi connectivity index (χ2v) is 6.21. The summed E-state index contributed by atoms with van der Waals surface area (Å²) in [5, 5.41) is 12.7. The van der Waals surface area contributed by atoms with Crippen LogP contribution in [0.3, 0.4) is 0 Å². The van der Waals surface area contributed by atoms with Gasteiger partial charge in [0.1, 0.15) is 6.10 Å². The summed E-state index contributed by atoms with van der Waals surface area (Å²) in [6.45, 7) is 2.56. The van der Waals surface area contributed by atoms with Crippen LogP contribution in [0.25, 0.3) is 11.3 Å². The predicted molar refractivity (Wildman–Crippen MR) is 100 cm³/mol. The number of aromatic nitrogens is 3. The third-order valence-corrected chi connectivity index (χ3v) is 4.42. The first-order valence-electron chi connectivity index (χ1n) is 8.58. The average molecular weight is 390 g/mol. The van der Waals surface area contributed by atoms with Gasteiger partial charge in [-0.3, -0.25) is 0 Å². The van der Waals surface area contributed by atoms with Crippen LogP contribution in [-0.2, 0) is 0 Å². The van der Waals surface area contributed by atoms with Crippen molar-refractivity contribution in [1.82, 2.24) is 15.1 Å². The quantitative estimate of drug-likeness (QED) is 0.681. The molecule has 0 saturated heterocycles. The summed E-state index contributed by atoms with van der Waals surface area (Å²) < 4.78 is 16.3. The first-order valence-corrected chi connectivity index (χ1v) is 8.58. The van der Waals surface area contributed by atoms with Crippen molar-refractivity contribution in [2.45, 2.75) is 31.8 Å². The van der Waals surface area contributed by atoms with Gasteiger partial charge < -0.3 is 19.1 Å². The van der Waals surface area contributed by atoms with E-state index >= 15 is 0 Å². The van der Waals surface area contributed by atoms with Crippen LogP contribution in [0.15, 0.2) is 47.2 Å². The summed E-state index contributed by atoms with van der Waals surface area (Å²) in [6.07, 6.45) is 5.55. The minimum atomic E-state index is -0.149. The molecule has 0 aliphatic heterocycles. The molecule has 0 unspecified atom stereocenters. The van der Waals surface area contributed by atoms with E-state index in [1.165, 1.54) is 11.6 Å². The number of ether oxygens (including phenoxy) is 2. The molecular weight excluding hydrogens is 370 g/mol. The van der Waals surface area contributed by atoms with Crippen LogP contribution >= 0.6 is 12.4 Å². The summed E-state index contributed by atoms with van der Waals surface area (Å²) >= 11 is 0. The van der Waals surface area contributed by atoms with Crippen molar-refractivity contribution < 1.29 is 19.1 Å². The molecule has 0 atom stereocenters. The summed E-state index contributed by atoms with van der Waals surface area (Å²) in [5.74, 6) is 2.01. The third-order valence-electron chi connectivity index (χ3n) is 4.42. The lowest BCUT2D eigenvalue weighted by Crippen LogP contribution is -2.32. The smallest absolute Gasteiger partial charge is 0.252 e. The van der Waals surface area contributed by atoms with E-state index in [2.05, 4.69) is 21.2 Å². The van der Waals surface area contributed by atoms with Crippen LogP contribution in [-0.4, -0.2) is 32.9 Å². The van der Waals surface area contributed by atoms with Gasteiger partial charge in [-0.05, 0) is 42.5 Å². The number of rotatable bonds is 6. The lowest BCUT2D eigenvalue weighted by Gasteiger charge is -2.35. The molecule has 4 rings (SSSR count). The third kappa shape index (κ3) is 4.31. The molecule has 27 heavy (non-hydrogen) atoms. The minimum Gasteiger partial charge on any atom is -0.491 e. The minimum absolute atomic E-state index is 0. The van der Waals surface area contributed by atoms with Crippen molar-refractivity contribution in [3.05, 3.63) is 48.3 Å². The molecule has 3 heterocycles. The largest absolute Gasteiger partial charge is 0.491 e. The Morgan fingerprint density at radius 1 is 1.11 bits per heavy atom. The topological polar surface area (TPSA) is 90.5 Å². The number of hydrogen-bond acceptors (Lipinski definition) is 7. The highest BCUT2D eigenvalue weighted by Gasteiger charge is 2.32. The summed E-state index contributed by atoms with van der Waals surface area (Å²) in [5.41, 5.74) is 1.94. The van der Waals surface area contributed by atoms with Gasteiger partial charge in [-0.1, -0.05) is 6.07 Å². The second kappa shape index (κ2) is 8.26. The van der Waals surface area contributed by atoms with Crippen molar-refractivity contribution in [2.24, 2.45) is 0 Å². The van der Waals surface area contributed by atoms with Gasteiger partial charge in [-0.15, -0.1) is 12.4 Å². The van der Waals surface area contributed by atoms with Crippen molar-refractivity contribution in [2.75, 3.05) is 6.61 Å². The normalized spacial score (nSPS) is 18.3. The van der Waals surface area contributed by atoms with E-state index in [4.69, 9.17) is 14.0 Å². The van der Waals surface area contributed by atoms with Gasteiger partial charge in [0, 0.05) is 36.2 Å². The van der Waals surface area contributed by atoms with Gasteiger partial charge in [0.15, 0.2) is 5.76 Å². The Bertz CT molecular complexity index is 861. The molecule has 0 spiro atoms. The molecule has 7 nitrogen and oxygen atoms in total. The Morgan fingerprint density at radius 3 is 2.48 bits per heavy atom. The highest BCUT2D eigenvalue weighted by atomic mass is 35.5. The van der Waals surface area contributed by atoms with Crippen LogP contribution in [0.4, 0.5) is 0 Å². The first kappa shape index (κ1) is 19.0. The van der Waals surface area contributed by atoms with Crippen LogP contribution < -0.4 is 9.47 Å². The Morgan fingerprint density at radius 2 is 1.89 bits per heavy atom. The Labute approximate surface area is 162 Å². The summed E-state index contributed by atoms with van der Waals surface area (Å²) in [4.78, 5) is 8.61. The monoisotopic (exact) mass is 389 g/mol. The average Bonchev–Trinajstić information content (AvgIpc) is 3.06. The molecule has 3 aromatic rings. The fraction of sp³-hybridized carbons (Fsp3) is 0.316. The highest BCUT2D eigenvalue weighted by Crippen LogP contribution is 2.39. The Balaban J connectivity index is 0.00000210. The highest BCUT2D eigenvalue weighted by molar-refractivity contribution is 5.85. The predicted octanol–water partition coefficient (Wildman–Crippen LogP) is 3.98. The first-order chi connectivity index (χ1) is 12.7. The molecular formula is C19H20ClN3O4. The molecule has 0 radical (unpaired) electrons. The van der Waals surface area contributed by atoms with Crippen molar-refractivity contribution in [3.8, 4) is 29.0 Å². The number of hydrogen-bond donors (Lipinski definition) is 1. The van der Waals surface area contributed by atoms with E-state index in [-0.39, 0.29) is 24.4 Å². The fourth-order valence-electron chi connectivity index (χ4n) is 2.97. The molecule has 3 aromatic heterocycles. The van der Waals surface area contributed by atoms with E-state index in [0.717, 1.165) is 18.4 Å². The molecule has 1 N–H and O–H groups in total. The molecule has 8 heteroatoms. The zero-order valence-electron chi connectivity index (χ0n) is 14.7.